The average molecular weight is 190 g/mol. The van der Waals surface area contributed by atoms with Crippen molar-refractivity contribution in [3.8, 4) is 0 Å². The summed E-state index contributed by atoms with van der Waals surface area (Å²) in [6, 6.07) is 1.74. The first kappa shape index (κ1) is 8.74. The van der Waals surface area contributed by atoms with Crippen molar-refractivity contribution in [3.63, 3.8) is 0 Å². The summed E-state index contributed by atoms with van der Waals surface area (Å²) >= 11 is 0. The number of aryl methyl sites for hydroxylation is 1. The fourth-order valence-corrected chi connectivity index (χ4v) is 1.41. The number of esters is 1. The van der Waals surface area contributed by atoms with Crippen molar-refractivity contribution in [1.82, 2.24) is 9.97 Å². The van der Waals surface area contributed by atoms with Crippen LogP contribution < -0.4 is 0 Å². The van der Waals surface area contributed by atoms with E-state index < -0.39 is 0 Å². The number of hydrogen-bond acceptors (Lipinski definition) is 3. The molecule has 0 aliphatic rings. The maximum atomic E-state index is 11.2. The first-order valence-electron chi connectivity index (χ1n) is 4.24. The molecule has 2 aromatic heterocycles. The van der Waals surface area contributed by atoms with Crippen LogP contribution in [0.2, 0.25) is 0 Å². The number of pyridine rings is 1. The number of methoxy groups -OCH3 is 1. The van der Waals surface area contributed by atoms with Crippen molar-refractivity contribution in [2.45, 2.75) is 6.92 Å². The second-order valence-electron chi connectivity index (χ2n) is 3.10. The van der Waals surface area contributed by atoms with Crippen LogP contribution in [0.25, 0.3) is 10.9 Å². The second-order valence-corrected chi connectivity index (χ2v) is 3.10. The summed E-state index contributed by atoms with van der Waals surface area (Å²) in [5, 5.41) is 0.922. The van der Waals surface area contributed by atoms with Gasteiger partial charge in [-0.05, 0) is 18.6 Å². The van der Waals surface area contributed by atoms with Gasteiger partial charge in [-0.15, -0.1) is 0 Å². The van der Waals surface area contributed by atoms with Gasteiger partial charge in [0, 0.05) is 17.8 Å². The molecule has 0 atom stereocenters. The molecule has 0 saturated heterocycles. The summed E-state index contributed by atoms with van der Waals surface area (Å²) < 4.78 is 4.62. The highest BCUT2D eigenvalue weighted by atomic mass is 16.5. The predicted molar refractivity (Wildman–Crippen MR) is 52.2 cm³/mol. The summed E-state index contributed by atoms with van der Waals surface area (Å²) in [5.41, 5.74) is 2.40. The van der Waals surface area contributed by atoms with Gasteiger partial charge < -0.3 is 9.72 Å². The van der Waals surface area contributed by atoms with Crippen molar-refractivity contribution in [1.29, 1.82) is 0 Å². The van der Waals surface area contributed by atoms with Gasteiger partial charge in [0.15, 0.2) is 0 Å². The molecule has 4 nitrogen and oxygen atoms in total. The zero-order chi connectivity index (χ0) is 10.1. The third-order valence-electron chi connectivity index (χ3n) is 2.13. The number of rotatable bonds is 1. The first-order chi connectivity index (χ1) is 6.72. The fourth-order valence-electron chi connectivity index (χ4n) is 1.41. The van der Waals surface area contributed by atoms with Crippen molar-refractivity contribution in [2.75, 3.05) is 7.11 Å². The number of H-pyrrole nitrogens is 1. The van der Waals surface area contributed by atoms with Crippen molar-refractivity contribution >= 4 is 16.9 Å². The molecule has 0 aliphatic heterocycles. The lowest BCUT2D eigenvalue weighted by molar-refractivity contribution is 0.0595. The van der Waals surface area contributed by atoms with Gasteiger partial charge in [-0.3, -0.25) is 4.98 Å². The standard InChI is InChI=1S/C10H10N2O2/c1-6-4-11-5-7-3-8(10(13)14-2)12-9(6)7/h3-5,12H,1-2H3. The number of aromatic nitrogens is 2. The minimum Gasteiger partial charge on any atom is -0.464 e. The number of carbonyl (C=O) groups excluding carboxylic acids is 1. The molecule has 0 radical (unpaired) electrons. The molecule has 2 heterocycles. The third kappa shape index (κ3) is 1.25. The van der Waals surface area contributed by atoms with Crippen LogP contribution in [-0.4, -0.2) is 23.0 Å². The monoisotopic (exact) mass is 190 g/mol. The predicted octanol–water partition coefficient (Wildman–Crippen LogP) is 1.66. The van der Waals surface area contributed by atoms with Gasteiger partial charge in [0.2, 0.25) is 0 Å². The van der Waals surface area contributed by atoms with Crippen LogP contribution in [0.15, 0.2) is 18.5 Å². The molecule has 0 bridgehead atoms. The van der Waals surface area contributed by atoms with Crippen LogP contribution in [-0.2, 0) is 4.74 Å². The van der Waals surface area contributed by atoms with Crippen LogP contribution in [0.4, 0.5) is 0 Å². The van der Waals surface area contributed by atoms with Crippen LogP contribution in [0.1, 0.15) is 16.1 Å². The molecule has 0 aromatic carbocycles. The van der Waals surface area contributed by atoms with Gasteiger partial charge in [0.25, 0.3) is 0 Å². The Hall–Kier alpha value is -1.84. The minimum atomic E-state index is -0.361. The van der Waals surface area contributed by atoms with Gasteiger partial charge in [-0.25, -0.2) is 4.79 Å². The highest BCUT2D eigenvalue weighted by Crippen LogP contribution is 2.17. The molecule has 2 rings (SSSR count). The first-order valence-corrected chi connectivity index (χ1v) is 4.24. The van der Waals surface area contributed by atoms with Crippen molar-refractivity contribution in [3.05, 3.63) is 29.7 Å². The fraction of sp³-hybridized carbons (Fsp3) is 0.200. The van der Waals surface area contributed by atoms with E-state index >= 15 is 0 Å². The van der Waals surface area contributed by atoms with E-state index in [9.17, 15) is 4.79 Å². The Morgan fingerprint density at radius 2 is 2.29 bits per heavy atom. The SMILES string of the molecule is COC(=O)c1cc2cncc(C)c2[nH]1. The molecular formula is C10H10N2O2. The summed E-state index contributed by atoms with van der Waals surface area (Å²) in [6.07, 6.45) is 3.46. The summed E-state index contributed by atoms with van der Waals surface area (Å²) in [5.74, 6) is -0.361. The Morgan fingerprint density at radius 3 is 2.93 bits per heavy atom. The molecule has 4 heteroatoms. The third-order valence-corrected chi connectivity index (χ3v) is 2.13. The Kier molecular flexibility index (Phi) is 1.96. The molecule has 0 saturated carbocycles. The van der Waals surface area contributed by atoms with Gasteiger partial charge in [0.05, 0.1) is 12.6 Å². The van der Waals surface area contributed by atoms with Crippen molar-refractivity contribution in [2.24, 2.45) is 0 Å². The zero-order valence-corrected chi connectivity index (χ0v) is 8.00. The second kappa shape index (κ2) is 3.14. The average Bonchev–Trinajstić information content (AvgIpc) is 2.62. The van der Waals surface area contributed by atoms with E-state index in [1.165, 1.54) is 7.11 Å². The number of aromatic amines is 1. The Bertz CT molecular complexity index is 488. The topological polar surface area (TPSA) is 55.0 Å². The molecule has 1 N–H and O–H groups in total. The maximum absolute atomic E-state index is 11.2. The lowest BCUT2D eigenvalue weighted by atomic mass is 10.2. The highest BCUT2D eigenvalue weighted by Gasteiger charge is 2.09. The molecular weight excluding hydrogens is 180 g/mol. The van der Waals surface area contributed by atoms with Gasteiger partial charge in [-0.1, -0.05) is 0 Å². The maximum Gasteiger partial charge on any atom is 0.354 e. The van der Waals surface area contributed by atoms with E-state index in [2.05, 4.69) is 14.7 Å². The van der Waals surface area contributed by atoms with Crippen LogP contribution >= 0.6 is 0 Å². The molecule has 0 aliphatic carbocycles. The zero-order valence-electron chi connectivity index (χ0n) is 8.00. The molecule has 14 heavy (non-hydrogen) atoms. The van der Waals surface area contributed by atoms with Crippen LogP contribution in [0.3, 0.4) is 0 Å². The van der Waals surface area contributed by atoms with Crippen molar-refractivity contribution < 1.29 is 9.53 Å². The number of hydrogen-bond donors (Lipinski definition) is 1. The Balaban J connectivity index is 2.62. The molecule has 0 spiro atoms. The van der Waals surface area contributed by atoms with E-state index in [4.69, 9.17) is 0 Å². The Morgan fingerprint density at radius 1 is 1.50 bits per heavy atom. The number of nitrogens with one attached hydrogen (secondary N) is 1. The van der Waals surface area contributed by atoms with E-state index in [1.807, 2.05) is 6.92 Å². The molecule has 72 valence electrons. The lowest BCUT2D eigenvalue weighted by Gasteiger charge is -1.93. The number of carbonyl (C=O) groups is 1. The van der Waals surface area contributed by atoms with Gasteiger partial charge in [-0.2, -0.15) is 0 Å². The summed E-state index contributed by atoms with van der Waals surface area (Å²) in [7, 11) is 1.36. The molecule has 2 aromatic rings. The van der Waals surface area contributed by atoms with E-state index in [0.29, 0.717) is 5.69 Å². The van der Waals surface area contributed by atoms with E-state index in [0.717, 1.165) is 16.5 Å². The number of nitrogens with zero attached hydrogens (tertiary/aromatic N) is 1. The van der Waals surface area contributed by atoms with E-state index in [1.54, 1.807) is 18.5 Å². The molecule has 0 amide bonds. The largest absolute Gasteiger partial charge is 0.464 e. The smallest absolute Gasteiger partial charge is 0.354 e. The Labute approximate surface area is 80.9 Å². The van der Waals surface area contributed by atoms with Gasteiger partial charge in [0.1, 0.15) is 5.69 Å². The summed E-state index contributed by atoms with van der Waals surface area (Å²) in [6.45, 7) is 1.94. The van der Waals surface area contributed by atoms with E-state index in [-0.39, 0.29) is 5.97 Å². The quantitative estimate of drug-likeness (QED) is 0.696. The minimum absolute atomic E-state index is 0.361. The van der Waals surface area contributed by atoms with Crippen LogP contribution in [0.5, 0.6) is 0 Å². The number of ether oxygens (including phenoxy) is 1. The van der Waals surface area contributed by atoms with Crippen LogP contribution in [0, 0.1) is 6.92 Å². The normalized spacial score (nSPS) is 10.4. The number of fused-ring (bicyclic) bond motifs is 1. The van der Waals surface area contributed by atoms with Gasteiger partial charge >= 0.3 is 5.97 Å². The molecule has 0 fully saturated rings. The lowest BCUT2D eigenvalue weighted by Crippen LogP contribution is -2.00. The molecule has 0 unspecified atom stereocenters. The summed E-state index contributed by atoms with van der Waals surface area (Å²) in [4.78, 5) is 18.3. The highest BCUT2D eigenvalue weighted by molar-refractivity contribution is 5.95.